The predicted molar refractivity (Wildman–Crippen MR) is 214 cm³/mol. The SMILES string of the molecule is CC1(C)c2ccccc2-c2cc3c(cc21)oc1c(-c2cccc(N(c4ccccc4)c4cccc5ccccc45)c2)ccc(-c2ccccc2)c13. The second-order valence-electron chi connectivity index (χ2n) is 14.1. The van der Waals surface area contributed by atoms with Crippen LogP contribution in [-0.2, 0) is 5.41 Å². The summed E-state index contributed by atoms with van der Waals surface area (Å²) < 4.78 is 7.03. The Kier molecular flexibility index (Phi) is 6.56. The van der Waals surface area contributed by atoms with E-state index in [0.717, 1.165) is 50.1 Å². The van der Waals surface area contributed by atoms with Crippen molar-refractivity contribution in [3.8, 4) is 33.4 Å². The topological polar surface area (TPSA) is 16.4 Å². The van der Waals surface area contributed by atoms with Crippen LogP contribution in [0, 0.1) is 0 Å². The fourth-order valence-corrected chi connectivity index (χ4v) is 8.38. The van der Waals surface area contributed by atoms with E-state index in [9.17, 15) is 0 Å². The van der Waals surface area contributed by atoms with E-state index >= 15 is 0 Å². The first kappa shape index (κ1) is 29.5. The zero-order valence-electron chi connectivity index (χ0n) is 28.6. The second kappa shape index (κ2) is 11.3. The van der Waals surface area contributed by atoms with E-state index in [1.54, 1.807) is 0 Å². The summed E-state index contributed by atoms with van der Waals surface area (Å²) in [4.78, 5) is 2.37. The van der Waals surface area contributed by atoms with E-state index in [1.165, 1.54) is 44.2 Å². The van der Waals surface area contributed by atoms with Crippen molar-refractivity contribution in [2.45, 2.75) is 19.3 Å². The van der Waals surface area contributed by atoms with Crippen molar-refractivity contribution in [2.24, 2.45) is 0 Å². The minimum absolute atomic E-state index is 0.110. The number of benzene rings is 8. The summed E-state index contributed by atoms with van der Waals surface area (Å²) in [5.41, 5.74) is 14.9. The van der Waals surface area contributed by atoms with Crippen molar-refractivity contribution in [3.05, 3.63) is 187 Å². The van der Waals surface area contributed by atoms with Gasteiger partial charge in [0, 0.05) is 38.5 Å². The van der Waals surface area contributed by atoms with Crippen LogP contribution in [0.15, 0.2) is 180 Å². The highest BCUT2D eigenvalue weighted by Crippen LogP contribution is 2.52. The first-order valence-corrected chi connectivity index (χ1v) is 17.7. The number of furan rings is 1. The van der Waals surface area contributed by atoms with Crippen LogP contribution in [0.5, 0.6) is 0 Å². The maximum atomic E-state index is 7.03. The molecule has 1 heterocycles. The molecule has 8 aromatic carbocycles. The summed E-state index contributed by atoms with van der Waals surface area (Å²) in [6.45, 7) is 4.65. The van der Waals surface area contributed by atoms with Crippen molar-refractivity contribution in [2.75, 3.05) is 4.90 Å². The van der Waals surface area contributed by atoms with Crippen molar-refractivity contribution < 1.29 is 4.42 Å². The zero-order valence-corrected chi connectivity index (χ0v) is 28.6. The lowest BCUT2D eigenvalue weighted by Gasteiger charge is -2.27. The molecule has 0 bridgehead atoms. The van der Waals surface area contributed by atoms with Gasteiger partial charge >= 0.3 is 0 Å². The average Bonchev–Trinajstić information content (AvgIpc) is 3.67. The van der Waals surface area contributed by atoms with Crippen LogP contribution < -0.4 is 4.90 Å². The van der Waals surface area contributed by atoms with Gasteiger partial charge < -0.3 is 9.32 Å². The molecule has 0 spiro atoms. The first-order chi connectivity index (χ1) is 25.1. The maximum absolute atomic E-state index is 7.03. The monoisotopic (exact) mass is 653 g/mol. The number of fused-ring (bicyclic) bond motifs is 7. The van der Waals surface area contributed by atoms with Crippen LogP contribution >= 0.6 is 0 Å². The summed E-state index contributed by atoms with van der Waals surface area (Å²) in [5, 5.41) is 4.72. The Balaban J connectivity index is 1.22. The zero-order chi connectivity index (χ0) is 34.1. The summed E-state index contributed by atoms with van der Waals surface area (Å²) in [5.74, 6) is 0. The lowest BCUT2D eigenvalue weighted by atomic mass is 9.82. The molecule has 0 aliphatic heterocycles. The van der Waals surface area contributed by atoms with Gasteiger partial charge in [0.25, 0.3) is 0 Å². The van der Waals surface area contributed by atoms with Crippen LogP contribution in [-0.4, -0.2) is 0 Å². The van der Waals surface area contributed by atoms with Crippen molar-refractivity contribution in [1.29, 1.82) is 0 Å². The third-order valence-corrected chi connectivity index (χ3v) is 10.8. The van der Waals surface area contributed by atoms with Crippen LogP contribution in [0.25, 0.3) is 66.1 Å². The molecular formula is C49H35NO. The van der Waals surface area contributed by atoms with Gasteiger partial charge in [0.05, 0.1) is 5.69 Å². The van der Waals surface area contributed by atoms with E-state index in [-0.39, 0.29) is 5.41 Å². The van der Waals surface area contributed by atoms with E-state index in [2.05, 4.69) is 195 Å². The molecule has 0 unspecified atom stereocenters. The molecular weight excluding hydrogens is 619 g/mol. The minimum Gasteiger partial charge on any atom is -0.455 e. The number of anilines is 3. The van der Waals surface area contributed by atoms with Gasteiger partial charge in [-0.2, -0.15) is 0 Å². The lowest BCUT2D eigenvalue weighted by Crippen LogP contribution is -2.14. The normalized spacial score (nSPS) is 13.1. The van der Waals surface area contributed by atoms with Crippen molar-refractivity contribution in [3.63, 3.8) is 0 Å². The maximum Gasteiger partial charge on any atom is 0.143 e. The molecule has 0 saturated carbocycles. The van der Waals surface area contributed by atoms with Gasteiger partial charge in [-0.25, -0.2) is 0 Å². The molecule has 0 saturated heterocycles. The Bertz CT molecular complexity index is 2770. The number of hydrogen-bond donors (Lipinski definition) is 0. The minimum atomic E-state index is -0.110. The number of rotatable bonds is 5. The van der Waals surface area contributed by atoms with Gasteiger partial charge in [-0.15, -0.1) is 0 Å². The third kappa shape index (κ3) is 4.57. The molecule has 10 rings (SSSR count). The van der Waals surface area contributed by atoms with Gasteiger partial charge in [0.2, 0.25) is 0 Å². The molecule has 1 aliphatic carbocycles. The summed E-state index contributed by atoms with van der Waals surface area (Å²) >= 11 is 0. The fourth-order valence-electron chi connectivity index (χ4n) is 8.38. The largest absolute Gasteiger partial charge is 0.455 e. The smallest absolute Gasteiger partial charge is 0.143 e. The molecule has 9 aromatic rings. The van der Waals surface area contributed by atoms with Crippen molar-refractivity contribution in [1.82, 2.24) is 0 Å². The molecule has 0 fully saturated rings. The molecule has 2 heteroatoms. The van der Waals surface area contributed by atoms with Gasteiger partial charge in [-0.3, -0.25) is 0 Å². The molecule has 2 nitrogen and oxygen atoms in total. The molecule has 0 atom stereocenters. The van der Waals surface area contributed by atoms with Crippen molar-refractivity contribution >= 4 is 49.8 Å². The molecule has 242 valence electrons. The fraction of sp³-hybridized carbons (Fsp3) is 0.0612. The molecule has 1 aliphatic rings. The third-order valence-electron chi connectivity index (χ3n) is 10.8. The quantitative estimate of drug-likeness (QED) is 0.184. The summed E-state index contributed by atoms with van der Waals surface area (Å²) in [6.07, 6.45) is 0. The molecule has 1 aromatic heterocycles. The van der Waals surface area contributed by atoms with Gasteiger partial charge in [-0.1, -0.05) is 141 Å². The van der Waals surface area contributed by atoms with Gasteiger partial charge in [0.15, 0.2) is 0 Å². The Morgan fingerprint density at radius 1 is 0.451 bits per heavy atom. The number of nitrogens with zero attached hydrogens (tertiary/aromatic N) is 1. The van der Waals surface area contributed by atoms with Crippen LogP contribution in [0.3, 0.4) is 0 Å². The van der Waals surface area contributed by atoms with E-state index in [4.69, 9.17) is 4.42 Å². The number of hydrogen-bond acceptors (Lipinski definition) is 2. The second-order valence-corrected chi connectivity index (χ2v) is 14.1. The van der Waals surface area contributed by atoms with Crippen LogP contribution in [0.4, 0.5) is 17.1 Å². The van der Waals surface area contributed by atoms with E-state index in [0.29, 0.717) is 0 Å². The first-order valence-electron chi connectivity index (χ1n) is 17.7. The Hall–Kier alpha value is -6.38. The van der Waals surface area contributed by atoms with E-state index in [1.807, 2.05) is 0 Å². The van der Waals surface area contributed by atoms with Gasteiger partial charge in [-0.05, 0) is 92.9 Å². The Morgan fingerprint density at radius 2 is 1.12 bits per heavy atom. The number of para-hydroxylation sites is 1. The summed E-state index contributed by atoms with van der Waals surface area (Å²) in [7, 11) is 0. The molecule has 0 N–H and O–H groups in total. The molecule has 51 heavy (non-hydrogen) atoms. The highest BCUT2D eigenvalue weighted by molar-refractivity contribution is 6.17. The molecule has 0 amide bonds. The lowest BCUT2D eigenvalue weighted by molar-refractivity contribution is 0.648. The van der Waals surface area contributed by atoms with Crippen LogP contribution in [0.1, 0.15) is 25.0 Å². The summed E-state index contributed by atoms with van der Waals surface area (Å²) in [6, 6.07) is 63.4. The molecule has 0 radical (unpaired) electrons. The Labute approximate surface area is 297 Å². The average molecular weight is 654 g/mol. The van der Waals surface area contributed by atoms with Gasteiger partial charge in [0.1, 0.15) is 11.2 Å². The van der Waals surface area contributed by atoms with Crippen LogP contribution in [0.2, 0.25) is 0 Å². The highest BCUT2D eigenvalue weighted by Gasteiger charge is 2.36. The highest BCUT2D eigenvalue weighted by atomic mass is 16.3. The Morgan fingerprint density at radius 3 is 1.98 bits per heavy atom. The van der Waals surface area contributed by atoms with E-state index < -0.39 is 0 Å². The standard InChI is InChI=1S/C49H35NO/c1-49(2)43-25-12-11-24-40(43)41-30-42-46(31-44(41)49)51-48-39(28-27-38(47(42)48)33-15-5-3-6-16-33)34-19-13-22-36(29-34)50(35-20-7-4-8-21-35)45-26-14-18-32-17-9-10-23-37(32)45/h3-31H,1-2H3. The predicted octanol–water partition coefficient (Wildman–Crippen LogP) is 13.8.